The summed E-state index contributed by atoms with van der Waals surface area (Å²) in [6.45, 7) is 0. The minimum atomic E-state index is -5.44. The highest BCUT2D eigenvalue weighted by Gasteiger charge is 2.45. The molecule has 2 rings (SSSR count). The second-order valence-electron chi connectivity index (χ2n) is 4.87. The lowest BCUT2D eigenvalue weighted by atomic mass is 9.99. The van der Waals surface area contributed by atoms with Crippen LogP contribution in [0.5, 0.6) is 0 Å². The lowest BCUT2D eigenvalue weighted by Gasteiger charge is -2.18. The summed E-state index contributed by atoms with van der Waals surface area (Å²) in [5, 5.41) is 1.66. The van der Waals surface area contributed by atoms with Gasteiger partial charge in [-0.05, 0) is 24.3 Å². The van der Waals surface area contributed by atoms with E-state index in [0.29, 0.717) is 12.1 Å². The molecule has 9 heteroatoms. The Kier molecular flexibility index (Phi) is 4.87. The summed E-state index contributed by atoms with van der Waals surface area (Å²) in [6.07, 6.45) is -10.8. The molecule has 0 aliphatic heterocycles. The van der Waals surface area contributed by atoms with Gasteiger partial charge in [0.15, 0.2) is 0 Å². The molecule has 2 aromatic rings. The second kappa shape index (κ2) is 6.58. The largest absolute Gasteiger partial charge is 0.417 e. The van der Waals surface area contributed by atoms with E-state index in [1.54, 1.807) is 11.4 Å². The second-order valence-corrected chi connectivity index (χ2v) is 4.87. The van der Waals surface area contributed by atoms with Gasteiger partial charge in [-0.25, -0.2) is 0 Å². The molecule has 0 aliphatic carbocycles. The van der Waals surface area contributed by atoms with Crippen LogP contribution in [0.4, 0.5) is 26.3 Å². The zero-order valence-corrected chi connectivity index (χ0v) is 12.2. The Bertz CT molecular complexity index is 797. The van der Waals surface area contributed by atoms with E-state index in [1.165, 1.54) is 24.3 Å². The van der Waals surface area contributed by atoms with Crippen LogP contribution in [0.25, 0.3) is 0 Å². The van der Waals surface area contributed by atoms with Crippen molar-refractivity contribution >= 4 is 11.8 Å². The molecule has 0 saturated carbocycles. The van der Waals surface area contributed by atoms with E-state index < -0.39 is 40.9 Å². The van der Waals surface area contributed by atoms with Crippen LogP contribution in [0.2, 0.25) is 0 Å². The van der Waals surface area contributed by atoms with Gasteiger partial charge in [0.2, 0.25) is 0 Å². The number of carbonyl (C=O) groups is 2. The van der Waals surface area contributed by atoms with Crippen molar-refractivity contribution in [2.45, 2.75) is 12.4 Å². The number of benzene rings is 2. The van der Waals surface area contributed by atoms with Gasteiger partial charge in [0.1, 0.15) is 0 Å². The summed E-state index contributed by atoms with van der Waals surface area (Å²) in [5.41, 5.74) is -5.45. The number of hydrogen-bond donors (Lipinski definition) is 1. The molecule has 0 heterocycles. The van der Waals surface area contributed by atoms with Crippen LogP contribution in [0.1, 0.15) is 31.8 Å². The number of imide groups is 1. The molecule has 3 nitrogen and oxygen atoms in total. The van der Waals surface area contributed by atoms with E-state index in [1.807, 2.05) is 0 Å². The zero-order valence-electron chi connectivity index (χ0n) is 12.2. The third kappa shape index (κ3) is 4.17. The lowest BCUT2D eigenvalue weighted by Crippen LogP contribution is -2.33. The summed E-state index contributed by atoms with van der Waals surface area (Å²) in [4.78, 5) is 23.8. The van der Waals surface area contributed by atoms with Crippen LogP contribution in [-0.4, -0.2) is 11.8 Å². The van der Waals surface area contributed by atoms with Crippen LogP contribution >= 0.6 is 0 Å². The summed E-state index contributed by atoms with van der Waals surface area (Å²) in [7, 11) is 0. The fraction of sp³-hybridized carbons (Fsp3) is 0.125. The van der Waals surface area contributed by atoms with Crippen molar-refractivity contribution < 1.29 is 35.9 Å². The normalized spacial score (nSPS) is 11.9. The third-order valence-corrected chi connectivity index (χ3v) is 3.16. The van der Waals surface area contributed by atoms with Crippen LogP contribution in [0, 0.1) is 0 Å². The number of alkyl halides is 6. The number of hydrogen-bond acceptors (Lipinski definition) is 2. The number of amides is 2. The van der Waals surface area contributed by atoms with Gasteiger partial charge in [-0.1, -0.05) is 24.3 Å². The Labute approximate surface area is 137 Å². The lowest BCUT2D eigenvalue weighted by molar-refractivity contribution is -0.162. The first kappa shape index (κ1) is 18.5. The first-order valence-corrected chi connectivity index (χ1v) is 6.70. The van der Waals surface area contributed by atoms with Crippen molar-refractivity contribution in [2.24, 2.45) is 0 Å². The highest BCUT2D eigenvalue weighted by molar-refractivity contribution is 6.11. The number of nitrogens with one attached hydrogen (secondary N) is 1. The van der Waals surface area contributed by atoms with Gasteiger partial charge in [0.25, 0.3) is 11.8 Å². The summed E-state index contributed by atoms with van der Waals surface area (Å²) in [5.74, 6) is -2.61. The molecule has 25 heavy (non-hydrogen) atoms. The smallest absolute Gasteiger partial charge is 0.288 e. The van der Waals surface area contributed by atoms with Crippen molar-refractivity contribution in [1.29, 1.82) is 0 Å². The Morgan fingerprint density at radius 3 is 1.84 bits per heavy atom. The van der Waals surface area contributed by atoms with Gasteiger partial charge in [-0.2, -0.15) is 26.3 Å². The molecule has 0 atom stereocenters. The standard InChI is InChI=1S/C16H9F6NO2/c17-15(18,19)11-8-4-7-10(12(11)16(20,21)22)14(25)23-13(24)9-5-2-1-3-6-9/h1-8H,(H,23,24,25). The molecule has 0 aromatic heterocycles. The molecule has 0 spiro atoms. The Morgan fingerprint density at radius 2 is 1.32 bits per heavy atom. The fourth-order valence-corrected chi connectivity index (χ4v) is 2.12. The van der Waals surface area contributed by atoms with Gasteiger partial charge < -0.3 is 0 Å². The molecule has 0 radical (unpaired) electrons. The SMILES string of the molecule is O=C(NC(=O)c1cccc(C(F)(F)F)c1C(F)(F)F)c1ccccc1. The minimum absolute atomic E-state index is 0.0311. The molecule has 0 fully saturated rings. The molecule has 0 aliphatic rings. The molecule has 132 valence electrons. The first-order valence-electron chi connectivity index (χ1n) is 6.70. The van der Waals surface area contributed by atoms with Gasteiger partial charge in [0, 0.05) is 5.56 Å². The van der Waals surface area contributed by atoms with Crippen molar-refractivity contribution in [2.75, 3.05) is 0 Å². The predicted molar refractivity (Wildman–Crippen MR) is 74.7 cm³/mol. The van der Waals surface area contributed by atoms with Gasteiger partial charge in [0.05, 0.1) is 16.7 Å². The van der Waals surface area contributed by atoms with Crippen molar-refractivity contribution in [3.8, 4) is 0 Å². The van der Waals surface area contributed by atoms with E-state index in [-0.39, 0.29) is 11.6 Å². The maximum Gasteiger partial charge on any atom is 0.417 e. The minimum Gasteiger partial charge on any atom is -0.288 e. The molecule has 2 aromatic carbocycles. The number of carbonyl (C=O) groups excluding carboxylic acids is 2. The van der Waals surface area contributed by atoms with E-state index in [0.717, 1.165) is 0 Å². The molecule has 0 unspecified atom stereocenters. The number of rotatable bonds is 2. The Hall–Kier alpha value is -2.84. The Balaban J connectivity index is 2.45. The van der Waals surface area contributed by atoms with Crippen LogP contribution < -0.4 is 5.32 Å². The first-order chi connectivity index (χ1) is 11.5. The van der Waals surface area contributed by atoms with Crippen molar-refractivity contribution in [3.05, 3.63) is 70.8 Å². The fourth-order valence-electron chi connectivity index (χ4n) is 2.12. The van der Waals surface area contributed by atoms with E-state index in [4.69, 9.17) is 0 Å². The predicted octanol–water partition coefficient (Wildman–Crippen LogP) is 4.29. The van der Waals surface area contributed by atoms with Gasteiger partial charge >= 0.3 is 12.4 Å². The third-order valence-electron chi connectivity index (χ3n) is 3.16. The molecular formula is C16H9F6NO2. The summed E-state index contributed by atoms with van der Waals surface area (Å²) >= 11 is 0. The van der Waals surface area contributed by atoms with E-state index in [9.17, 15) is 35.9 Å². The maximum atomic E-state index is 13.1. The van der Waals surface area contributed by atoms with Crippen molar-refractivity contribution in [3.63, 3.8) is 0 Å². The highest BCUT2D eigenvalue weighted by atomic mass is 19.4. The Morgan fingerprint density at radius 1 is 0.720 bits per heavy atom. The highest BCUT2D eigenvalue weighted by Crippen LogP contribution is 2.41. The van der Waals surface area contributed by atoms with Gasteiger partial charge in [-0.15, -0.1) is 0 Å². The zero-order chi connectivity index (χ0) is 18.8. The van der Waals surface area contributed by atoms with Crippen molar-refractivity contribution in [1.82, 2.24) is 5.32 Å². The van der Waals surface area contributed by atoms with E-state index in [2.05, 4.69) is 0 Å². The average Bonchev–Trinajstić information content (AvgIpc) is 2.53. The summed E-state index contributed by atoms with van der Waals surface area (Å²) in [6, 6.07) is 8.51. The molecule has 1 N–H and O–H groups in total. The van der Waals surface area contributed by atoms with Crippen LogP contribution in [-0.2, 0) is 12.4 Å². The van der Waals surface area contributed by atoms with Gasteiger partial charge in [-0.3, -0.25) is 14.9 Å². The molecular weight excluding hydrogens is 352 g/mol. The molecule has 0 bridgehead atoms. The molecule has 2 amide bonds. The maximum absolute atomic E-state index is 13.1. The topological polar surface area (TPSA) is 46.2 Å². The van der Waals surface area contributed by atoms with E-state index >= 15 is 0 Å². The monoisotopic (exact) mass is 361 g/mol. The molecule has 0 saturated heterocycles. The van der Waals surface area contributed by atoms with Crippen LogP contribution in [0.15, 0.2) is 48.5 Å². The quantitative estimate of drug-likeness (QED) is 0.641. The average molecular weight is 361 g/mol. The summed E-state index contributed by atoms with van der Waals surface area (Å²) < 4.78 is 77.8. The van der Waals surface area contributed by atoms with Crippen LogP contribution in [0.3, 0.4) is 0 Å². The number of halogens is 6.